The molecule has 0 spiro atoms. The number of aliphatic hydroxyl groups is 1. The van der Waals surface area contributed by atoms with E-state index in [-0.39, 0.29) is 5.92 Å². The maximum absolute atomic E-state index is 10.9. The highest BCUT2D eigenvalue weighted by molar-refractivity contribution is 5.26. The van der Waals surface area contributed by atoms with Gasteiger partial charge in [-0.3, -0.25) is 0 Å². The van der Waals surface area contributed by atoms with Gasteiger partial charge < -0.3 is 10.0 Å². The summed E-state index contributed by atoms with van der Waals surface area (Å²) in [5.41, 5.74) is 2.26. The van der Waals surface area contributed by atoms with Crippen molar-refractivity contribution in [2.45, 2.75) is 24.9 Å². The van der Waals surface area contributed by atoms with Gasteiger partial charge in [0.05, 0.1) is 31.7 Å². The van der Waals surface area contributed by atoms with Gasteiger partial charge in [0, 0.05) is 12.8 Å². The minimum Gasteiger partial charge on any atom is -0.388 e. The van der Waals surface area contributed by atoms with E-state index in [1.807, 2.05) is 36.4 Å². The van der Waals surface area contributed by atoms with E-state index in [2.05, 4.69) is 24.3 Å². The minimum absolute atomic E-state index is 0.168. The van der Waals surface area contributed by atoms with Gasteiger partial charge in [-0.25, -0.2) is 0 Å². The van der Waals surface area contributed by atoms with Crippen molar-refractivity contribution in [3.8, 4) is 0 Å². The van der Waals surface area contributed by atoms with E-state index >= 15 is 0 Å². The Morgan fingerprint density at radius 1 is 0.810 bits per heavy atom. The number of nitrogens with one attached hydrogen (secondary N) is 1. The van der Waals surface area contributed by atoms with Gasteiger partial charge in [0.2, 0.25) is 0 Å². The van der Waals surface area contributed by atoms with Crippen molar-refractivity contribution in [3.05, 3.63) is 71.8 Å². The highest BCUT2D eigenvalue weighted by Crippen LogP contribution is 2.29. The summed E-state index contributed by atoms with van der Waals surface area (Å²) in [5.74, 6) is 0.168. The summed E-state index contributed by atoms with van der Waals surface area (Å²) >= 11 is 0. The maximum Gasteiger partial charge on any atom is 0.0912 e. The first-order valence-corrected chi connectivity index (χ1v) is 7.96. The molecule has 1 aliphatic heterocycles. The fourth-order valence-corrected chi connectivity index (χ4v) is 3.38. The van der Waals surface area contributed by atoms with Gasteiger partial charge in [0.1, 0.15) is 0 Å². The zero-order chi connectivity index (χ0) is 14.5. The average molecular weight is 282 g/mol. The summed E-state index contributed by atoms with van der Waals surface area (Å²) in [5, 5.41) is 10.9. The molecule has 2 N–H and O–H groups in total. The summed E-state index contributed by atoms with van der Waals surface area (Å²) < 4.78 is 0. The lowest BCUT2D eigenvalue weighted by Gasteiger charge is -2.26. The number of quaternary nitrogens is 1. The van der Waals surface area contributed by atoms with Gasteiger partial charge in [-0.15, -0.1) is 0 Å². The smallest absolute Gasteiger partial charge is 0.0912 e. The second kappa shape index (κ2) is 6.88. The van der Waals surface area contributed by atoms with Crippen LogP contribution in [0.2, 0.25) is 0 Å². The summed E-state index contributed by atoms with van der Waals surface area (Å²) in [6.45, 7) is 3.50. The van der Waals surface area contributed by atoms with Gasteiger partial charge in [0.25, 0.3) is 0 Å². The lowest BCUT2D eigenvalue weighted by molar-refractivity contribution is -0.889. The average Bonchev–Trinajstić information content (AvgIpc) is 3.07. The molecule has 2 nitrogen and oxygen atoms in total. The molecule has 0 amide bonds. The Morgan fingerprint density at radius 3 is 1.90 bits per heavy atom. The molecule has 0 aliphatic carbocycles. The van der Waals surface area contributed by atoms with E-state index in [1.54, 1.807) is 4.90 Å². The van der Waals surface area contributed by atoms with Crippen molar-refractivity contribution in [1.82, 2.24) is 0 Å². The van der Waals surface area contributed by atoms with Crippen molar-refractivity contribution >= 4 is 0 Å². The largest absolute Gasteiger partial charge is 0.388 e. The van der Waals surface area contributed by atoms with Crippen LogP contribution in [0, 0.1) is 0 Å². The highest BCUT2D eigenvalue weighted by Gasteiger charge is 2.28. The molecule has 0 bridgehead atoms. The summed E-state index contributed by atoms with van der Waals surface area (Å²) in [6, 6.07) is 20.5. The molecule has 2 heteroatoms. The van der Waals surface area contributed by atoms with Gasteiger partial charge in [0.15, 0.2) is 0 Å². The molecular weight excluding hydrogens is 258 g/mol. The summed E-state index contributed by atoms with van der Waals surface area (Å²) in [4.78, 5) is 1.62. The molecule has 21 heavy (non-hydrogen) atoms. The van der Waals surface area contributed by atoms with E-state index in [9.17, 15) is 5.11 Å². The lowest BCUT2D eigenvalue weighted by Crippen LogP contribution is -3.10. The van der Waals surface area contributed by atoms with Crippen LogP contribution in [0.3, 0.4) is 0 Å². The topological polar surface area (TPSA) is 24.7 Å². The molecular formula is C19H24NO+. The molecule has 2 unspecified atom stereocenters. The first-order valence-electron chi connectivity index (χ1n) is 7.96. The van der Waals surface area contributed by atoms with Crippen molar-refractivity contribution in [2.24, 2.45) is 0 Å². The normalized spacial score (nSPS) is 18.5. The Labute approximate surface area is 127 Å². The van der Waals surface area contributed by atoms with Gasteiger partial charge >= 0.3 is 0 Å². The van der Waals surface area contributed by atoms with Crippen LogP contribution < -0.4 is 4.90 Å². The second-order valence-corrected chi connectivity index (χ2v) is 6.03. The van der Waals surface area contributed by atoms with Crippen molar-refractivity contribution in [2.75, 3.05) is 19.6 Å². The van der Waals surface area contributed by atoms with Crippen LogP contribution in [0.1, 0.15) is 36.0 Å². The first-order chi connectivity index (χ1) is 10.3. The molecule has 0 aromatic heterocycles. The SMILES string of the molecule is OC(c1ccccc1)C(C[NH+]1CCCC1)c1ccccc1. The maximum atomic E-state index is 10.9. The Balaban J connectivity index is 1.84. The van der Waals surface area contributed by atoms with Crippen LogP contribution in [0.5, 0.6) is 0 Å². The van der Waals surface area contributed by atoms with E-state index in [0.29, 0.717) is 0 Å². The Bertz CT molecular complexity index is 534. The molecule has 3 rings (SSSR count). The third-order valence-electron chi connectivity index (χ3n) is 4.57. The highest BCUT2D eigenvalue weighted by atomic mass is 16.3. The van der Waals surface area contributed by atoms with Crippen molar-refractivity contribution in [3.63, 3.8) is 0 Å². The predicted octanol–water partition coefficient (Wildman–Crippen LogP) is 2.18. The number of hydrogen-bond donors (Lipinski definition) is 2. The van der Waals surface area contributed by atoms with E-state index < -0.39 is 6.10 Å². The van der Waals surface area contributed by atoms with Gasteiger partial charge in [-0.1, -0.05) is 60.7 Å². The molecule has 1 fully saturated rings. The second-order valence-electron chi connectivity index (χ2n) is 6.03. The molecule has 2 aromatic carbocycles. The molecule has 0 radical (unpaired) electrons. The molecule has 0 saturated carbocycles. The zero-order valence-electron chi connectivity index (χ0n) is 12.4. The molecule has 1 saturated heterocycles. The summed E-state index contributed by atoms with van der Waals surface area (Å²) in [6.07, 6.45) is 2.21. The molecule has 2 aromatic rings. The lowest BCUT2D eigenvalue weighted by atomic mass is 9.88. The fraction of sp³-hybridized carbons (Fsp3) is 0.368. The third kappa shape index (κ3) is 3.52. The van der Waals surface area contributed by atoms with Gasteiger partial charge in [-0.05, 0) is 11.1 Å². The van der Waals surface area contributed by atoms with Gasteiger partial charge in [-0.2, -0.15) is 0 Å². The first kappa shape index (κ1) is 14.3. The Hall–Kier alpha value is -1.64. The van der Waals surface area contributed by atoms with Crippen molar-refractivity contribution in [1.29, 1.82) is 0 Å². The van der Waals surface area contributed by atoms with E-state index in [0.717, 1.165) is 12.1 Å². The Morgan fingerprint density at radius 2 is 1.33 bits per heavy atom. The summed E-state index contributed by atoms with van der Waals surface area (Å²) in [7, 11) is 0. The predicted molar refractivity (Wildman–Crippen MR) is 85.4 cm³/mol. The van der Waals surface area contributed by atoms with Crippen LogP contribution in [-0.4, -0.2) is 24.7 Å². The molecule has 2 atom stereocenters. The van der Waals surface area contributed by atoms with E-state index in [4.69, 9.17) is 0 Å². The molecule has 110 valence electrons. The van der Waals surface area contributed by atoms with Crippen LogP contribution >= 0.6 is 0 Å². The molecule has 1 heterocycles. The standard InChI is InChI=1S/C19H23NO/c21-19(17-11-5-2-6-12-17)18(15-20-13-7-8-14-20)16-9-3-1-4-10-16/h1-6,9-12,18-19,21H,7-8,13-15H2/p+1. The number of aliphatic hydroxyl groups excluding tert-OH is 1. The van der Waals surface area contributed by atoms with Crippen LogP contribution in [0.4, 0.5) is 0 Å². The van der Waals surface area contributed by atoms with Crippen molar-refractivity contribution < 1.29 is 10.0 Å². The third-order valence-corrected chi connectivity index (χ3v) is 4.57. The monoisotopic (exact) mass is 282 g/mol. The fourth-order valence-electron chi connectivity index (χ4n) is 3.38. The zero-order valence-corrected chi connectivity index (χ0v) is 12.4. The Kier molecular flexibility index (Phi) is 4.69. The minimum atomic E-state index is -0.429. The number of hydrogen-bond acceptors (Lipinski definition) is 1. The van der Waals surface area contributed by atoms with Crippen LogP contribution in [0.25, 0.3) is 0 Å². The molecule has 1 aliphatic rings. The van der Waals surface area contributed by atoms with Crippen LogP contribution in [-0.2, 0) is 0 Å². The quantitative estimate of drug-likeness (QED) is 0.863. The van der Waals surface area contributed by atoms with Crippen LogP contribution in [0.15, 0.2) is 60.7 Å². The van der Waals surface area contributed by atoms with E-state index in [1.165, 1.54) is 31.5 Å². The number of likely N-dealkylation sites (tertiary alicyclic amines) is 1. The number of benzene rings is 2. The number of rotatable bonds is 5.